The fraction of sp³-hybridized carbons (Fsp3) is 0.308. The van der Waals surface area contributed by atoms with Gasteiger partial charge in [0.25, 0.3) is 0 Å². The molecule has 8 heteroatoms. The zero-order valence-corrected chi connectivity index (χ0v) is 19.7. The van der Waals surface area contributed by atoms with Crippen molar-refractivity contribution < 1.29 is 19.0 Å². The number of hydrogen-bond donors (Lipinski definition) is 0. The van der Waals surface area contributed by atoms with E-state index in [2.05, 4.69) is 38.3 Å². The number of para-hydroxylation sites is 1. The first-order chi connectivity index (χ1) is 16.6. The number of aromatic nitrogens is 4. The molecular weight excluding hydrogens is 432 g/mol. The van der Waals surface area contributed by atoms with Crippen molar-refractivity contribution >= 4 is 17.3 Å². The molecule has 0 N–H and O–H groups in total. The van der Waals surface area contributed by atoms with E-state index >= 15 is 0 Å². The SMILES string of the molecule is CCCCc1nc2nc(OCC)ncc2n1Cc1ccc(-c2ccccc2OC(=O)OC)cc1. The van der Waals surface area contributed by atoms with Crippen molar-refractivity contribution in [3.63, 3.8) is 0 Å². The topological polar surface area (TPSA) is 88.4 Å². The Kier molecular flexibility index (Phi) is 7.37. The minimum absolute atomic E-state index is 0.346. The number of fused-ring (bicyclic) bond motifs is 1. The van der Waals surface area contributed by atoms with E-state index in [9.17, 15) is 4.79 Å². The number of unbranched alkanes of at least 4 members (excludes halogenated alkanes) is 1. The van der Waals surface area contributed by atoms with Crippen molar-refractivity contribution in [2.24, 2.45) is 0 Å². The van der Waals surface area contributed by atoms with Crippen LogP contribution in [-0.2, 0) is 17.7 Å². The molecule has 4 rings (SSSR count). The van der Waals surface area contributed by atoms with Crippen LogP contribution in [0.25, 0.3) is 22.3 Å². The van der Waals surface area contributed by atoms with Gasteiger partial charge in [-0.15, -0.1) is 0 Å². The third-order valence-electron chi connectivity index (χ3n) is 5.45. The molecule has 0 aliphatic rings. The highest BCUT2D eigenvalue weighted by Crippen LogP contribution is 2.30. The molecule has 4 aromatic rings. The van der Waals surface area contributed by atoms with Gasteiger partial charge in [0.2, 0.25) is 0 Å². The Morgan fingerprint density at radius 1 is 1.03 bits per heavy atom. The van der Waals surface area contributed by atoms with Gasteiger partial charge >= 0.3 is 12.2 Å². The third-order valence-corrected chi connectivity index (χ3v) is 5.45. The Labute approximate surface area is 198 Å². The molecule has 0 bridgehead atoms. The van der Waals surface area contributed by atoms with E-state index < -0.39 is 6.16 Å². The molecule has 34 heavy (non-hydrogen) atoms. The number of imidazole rings is 1. The fourth-order valence-electron chi connectivity index (χ4n) is 3.74. The average molecular weight is 461 g/mol. The maximum absolute atomic E-state index is 11.6. The smallest absolute Gasteiger partial charge is 0.464 e. The van der Waals surface area contributed by atoms with Crippen LogP contribution in [-0.4, -0.2) is 39.4 Å². The maximum atomic E-state index is 11.6. The Bertz CT molecular complexity index is 1270. The zero-order chi connectivity index (χ0) is 23.9. The molecule has 2 aromatic heterocycles. The van der Waals surface area contributed by atoms with Gasteiger partial charge < -0.3 is 18.8 Å². The second-order valence-corrected chi connectivity index (χ2v) is 7.76. The van der Waals surface area contributed by atoms with E-state index in [0.717, 1.165) is 47.3 Å². The van der Waals surface area contributed by atoms with Crippen molar-refractivity contribution in [3.05, 3.63) is 66.1 Å². The van der Waals surface area contributed by atoms with Crippen molar-refractivity contribution in [1.29, 1.82) is 0 Å². The highest BCUT2D eigenvalue weighted by Gasteiger charge is 2.15. The van der Waals surface area contributed by atoms with Gasteiger partial charge in [0, 0.05) is 18.5 Å². The predicted octanol–water partition coefficient (Wildman–Crippen LogP) is 5.43. The zero-order valence-electron chi connectivity index (χ0n) is 19.7. The van der Waals surface area contributed by atoms with Gasteiger partial charge in [-0.1, -0.05) is 55.8 Å². The van der Waals surface area contributed by atoms with Crippen LogP contribution in [0.3, 0.4) is 0 Å². The molecule has 0 saturated heterocycles. The number of aryl methyl sites for hydroxylation is 1. The second kappa shape index (κ2) is 10.8. The van der Waals surface area contributed by atoms with Gasteiger partial charge in [-0.2, -0.15) is 4.98 Å². The summed E-state index contributed by atoms with van der Waals surface area (Å²) < 4.78 is 17.5. The van der Waals surface area contributed by atoms with Crippen LogP contribution in [0.4, 0.5) is 4.79 Å². The molecular formula is C26H28N4O4. The summed E-state index contributed by atoms with van der Waals surface area (Å²) in [6.07, 6.45) is 4.04. The summed E-state index contributed by atoms with van der Waals surface area (Å²) in [7, 11) is 1.29. The molecule has 0 saturated carbocycles. The third kappa shape index (κ3) is 5.17. The Balaban J connectivity index is 1.62. The number of ether oxygens (including phenoxy) is 3. The molecule has 0 aliphatic carbocycles. The van der Waals surface area contributed by atoms with Crippen LogP contribution in [0, 0.1) is 0 Å². The first-order valence-corrected chi connectivity index (χ1v) is 11.4. The molecule has 8 nitrogen and oxygen atoms in total. The summed E-state index contributed by atoms with van der Waals surface area (Å²) in [5.74, 6) is 1.44. The van der Waals surface area contributed by atoms with Gasteiger partial charge in [-0.05, 0) is 30.5 Å². The number of carbonyl (C=O) groups excluding carboxylic acids is 1. The van der Waals surface area contributed by atoms with E-state index in [1.54, 1.807) is 12.3 Å². The first-order valence-electron chi connectivity index (χ1n) is 11.4. The van der Waals surface area contributed by atoms with Crippen molar-refractivity contribution in [3.8, 4) is 22.9 Å². The number of hydrogen-bond acceptors (Lipinski definition) is 7. The van der Waals surface area contributed by atoms with Crippen LogP contribution in [0.15, 0.2) is 54.7 Å². The van der Waals surface area contributed by atoms with Gasteiger partial charge in [-0.3, -0.25) is 0 Å². The van der Waals surface area contributed by atoms with Crippen LogP contribution in [0.2, 0.25) is 0 Å². The molecule has 2 aromatic carbocycles. The Morgan fingerprint density at radius 2 is 1.82 bits per heavy atom. The number of nitrogens with zero attached hydrogens (tertiary/aromatic N) is 4. The normalized spacial score (nSPS) is 10.9. The van der Waals surface area contributed by atoms with Crippen molar-refractivity contribution in [1.82, 2.24) is 19.5 Å². The fourth-order valence-corrected chi connectivity index (χ4v) is 3.74. The lowest BCUT2D eigenvalue weighted by Crippen LogP contribution is -2.08. The number of methoxy groups -OCH3 is 1. The van der Waals surface area contributed by atoms with E-state index in [0.29, 0.717) is 30.6 Å². The van der Waals surface area contributed by atoms with E-state index in [1.807, 2.05) is 37.3 Å². The van der Waals surface area contributed by atoms with Gasteiger partial charge in [-0.25, -0.2) is 14.8 Å². The molecule has 0 radical (unpaired) electrons. The van der Waals surface area contributed by atoms with Gasteiger partial charge in [0.15, 0.2) is 5.65 Å². The molecule has 176 valence electrons. The van der Waals surface area contributed by atoms with E-state index in [1.165, 1.54) is 7.11 Å². The van der Waals surface area contributed by atoms with Crippen LogP contribution < -0.4 is 9.47 Å². The minimum atomic E-state index is -0.745. The quantitative estimate of drug-likeness (QED) is 0.243. The molecule has 0 spiro atoms. The monoisotopic (exact) mass is 460 g/mol. The molecule has 2 heterocycles. The molecule has 0 atom stereocenters. The van der Waals surface area contributed by atoms with Gasteiger partial charge in [0.05, 0.1) is 19.9 Å². The lowest BCUT2D eigenvalue weighted by molar-refractivity contribution is 0.121. The summed E-state index contributed by atoms with van der Waals surface area (Å²) in [6.45, 7) is 5.23. The minimum Gasteiger partial charge on any atom is -0.464 e. The second-order valence-electron chi connectivity index (χ2n) is 7.76. The largest absolute Gasteiger partial charge is 0.513 e. The molecule has 0 amide bonds. The van der Waals surface area contributed by atoms with Gasteiger partial charge in [0.1, 0.15) is 17.1 Å². The summed E-state index contributed by atoms with van der Waals surface area (Å²) in [4.78, 5) is 25.2. The van der Waals surface area contributed by atoms with E-state index in [-0.39, 0.29) is 0 Å². The van der Waals surface area contributed by atoms with Crippen molar-refractivity contribution in [2.75, 3.05) is 13.7 Å². The van der Waals surface area contributed by atoms with Crippen LogP contribution in [0.1, 0.15) is 38.1 Å². The summed E-state index contributed by atoms with van der Waals surface area (Å²) >= 11 is 0. The molecule has 0 unspecified atom stereocenters. The molecule has 0 fully saturated rings. The standard InChI is InChI=1S/C26H28N4O4/c1-4-6-11-23-28-24-21(16-27-25(29-24)33-5-2)30(23)17-18-12-14-19(15-13-18)20-9-7-8-10-22(20)34-26(31)32-3/h7-10,12-16H,4-6,11,17H2,1-3H3. The lowest BCUT2D eigenvalue weighted by Gasteiger charge is -2.12. The van der Waals surface area contributed by atoms with E-state index in [4.69, 9.17) is 14.5 Å². The lowest BCUT2D eigenvalue weighted by atomic mass is 10.0. The highest BCUT2D eigenvalue weighted by molar-refractivity contribution is 5.75. The van der Waals surface area contributed by atoms with Crippen LogP contribution in [0.5, 0.6) is 11.8 Å². The Morgan fingerprint density at radius 3 is 2.56 bits per heavy atom. The van der Waals surface area contributed by atoms with Crippen LogP contribution >= 0.6 is 0 Å². The molecule has 0 aliphatic heterocycles. The predicted molar refractivity (Wildman–Crippen MR) is 129 cm³/mol. The number of benzene rings is 2. The maximum Gasteiger partial charge on any atom is 0.513 e. The first kappa shape index (κ1) is 23.2. The summed E-state index contributed by atoms with van der Waals surface area (Å²) in [5.41, 5.74) is 4.40. The number of rotatable bonds is 9. The Hall–Kier alpha value is -3.94. The summed E-state index contributed by atoms with van der Waals surface area (Å²) in [5, 5.41) is 0. The number of carbonyl (C=O) groups is 1. The highest BCUT2D eigenvalue weighted by atomic mass is 16.7. The summed E-state index contributed by atoms with van der Waals surface area (Å²) in [6, 6.07) is 15.9. The van der Waals surface area contributed by atoms with Crippen molar-refractivity contribution in [2.45, 2.75) is 39.7 Å². The average Bonchev–Trinajstić information content (AvgIpc) is 3.20.